The van der Waals surface area contributed by atoms with Crippen molar-refractivity contribution in [3.8, 4) is 0 Å². The summed E-state index contributed by atoms with van der Waals surface area (Å²) in [7, 11) is -3.22. The zero-order valence-electron chi connectivity index (χ0n) is 12.0. The van der Waals surface area contributed by atoms with Crippen molar-refractivity contribution < 1.29 is 8.42 Å². The molecule has 3 nitrogen and oxygen atoms in total. The lowest BCUT2D eigenvalue weighted by atomic mass is 10.0. The van der Waals surface area contributed by atoms with E-state index in [1.807, 2.05) is 24.3 Å². The van der Waals surface area contributed by atoms with Crippen LogP contribution in [0.4, 0.5) is 0 Å². The summed E-state index contributed by atoms with van der Waals surface area (Å²) in [5.41, 5.74) is 7.28. The molecular weight excluding hydrogens is 282 g/mol. The molecule has 0 unspecified atom stereocenters. The Kier molecular flexibility index (Phi) is 5.53. The summed E-state index contributed by atoms with van der Waals surface area (Å²) in [6, 6.07) is 18.6. The van der Waals surface area contributed by atoms with Gasteiger partial charge in [0.1, 0.15) is 0 Å². The largest absolute Gasteiger partial charge is 0.328 e. The predicted octanol–water partition coefficient (Wildman–Crippen LogP) is 2.81. The second-order valence-corrected chi connectivity index (χ2v) is 7.31. The van der Waals surface area contributed by atoms with E-state index in [0.717, 1.165) is 12.8 Å². The zero-order chi connectivity index (χ0) is 15.1. The fourth-order valence-corrected chi connectivity index (χ4v) is 3.61. The van der Waals surface area contributed by atoms with Gasteiger partial charge in [-0.25, -0.2) is 8.42 Å². The third-order valence-electron chi connectivity index (χ3n) is 3.51. The zero-order valence-corrected chi connectivity index (χ0v) is 12.8. The van der Waals surface area contributed by atoms with Crippen LogP contribution in [-0.4, -0.2) is 20.2 Å². The Hall–Kier alpha value is -1.65. The molecule has 0 heterocycles. The number of aryl methyl sites for hydroxylation is 1. The van der Waals surface area contributed by atoms with Crippen molar-refractivity contribution in [2.24, 2.45) is 5.73 Å². The molecule has 112 valence electrons. The van der Waals surface area contributed by atoms with Gasteiger partial charge >= 0.3 is 0 Å². The monoisotopic (exact) mass is 303 g/mol. The number of hydrogen-bond donors (Lipinski definition) is 1. The fraction of sp³-hybridized carbons (Fsp3) is 0.294. The Bertz CT molecular complexity index is 639. The molecule has 0 aromatic heterocycles. The van der Waals surface area contributed by atoms with Crippen LogP contribution in [0.1, 0.15) is 18.4 Å². The van der Waals surface area contributed by atoms with E-state index < -0.39 is 9.84 Å². The lowest BCUT2D eigenvalue weighted by molar-refractivity contribution is 0.567. The summed E-state index contributed by atoms with van der Waals surface area (Å²) in [5, 5.41) is 0. The molecule has 2 aromatic carbocycles. The maximum atomic E-state index is 12.2. The molecule has 1 atom stereocenters. The number of nitrogens with two attached hydrogens (primary N) is 1. The Balaban J connectivity index is 1.82. The van der Waals surface area contributed by atoms with Crippen LogP contribution < -0.4 is 5.73 Å². The smallest absolute Gasteiger partial charge is 0.178 e. The lowest BCUT2D eigenvalue weighted by Crippen LogP contribution is -2.24. The van der Waals surface area contributed by atoms with Crippen molar-refractivity contribution in [2.45, 2.75) is 30.2 Å². The summed E-state index contributed by atoms with van der Waals surface area (Å²) in [4.78, 5) is 0.375. The third kappa shape index (κ3) is 4.99. The van der Waals surface area contributed by atoms with Gasteiger partial charge in [0.15, 0.2) is 9.84 Å². The highest BCUT2D eigenvalue weighted by atomic mass is 32.2. The quantitative estimate of drug-likeness (QED) is 0.855. The molecule has 0 bridgehead atoms. The number of rotatable bonds is 7. The molecule has 0 aliphatic heterocycles. The van der Waals surface area contributed by atoms with E-state index in [1.165, 1.54) is 5.56 Å². The van der Waals surface area contributed by atoms with Gasteiger partial charge in [-0.3, -0.25) is 0 Å². The summed E-state index contributed by atoms with van der Waals surface area (Å²) in [6.07, 6.45) is 2.17. The van der Waals surface area contributed by atoms with E-state index in [0.29, 0.717) is 11.3 Å². The van der Waals surface area contributed by atoms with Crippen LogP contribution >= 0.6 is 0 Å². The maximum Gasteiger partial charge on any atom is 0.178 e. The van der Waals surface area contributed by atoms with Crippen LogP contribution in [-0.2, 0) is 16.3 Å². The first-order chi connectivity index (χ1) is 10.1. The average molecular weight is 303 g/mol. The normalized spacial score (nSPS) is 13.0. The topological polar surface area (TPSA) is 60.2 Å². The molecule has 0 saturated heterocycles. The van der Waals surface area contributed by atoms with Crippen molar-refractivity contribution in [1.82, 2.24) is 0 Å². The molecule has 2 rings (SSSR count). The Morgan fingerprint density at radius 1 is 0.857 bits per heavy atom. The van der Waals surface area contributed by atoms with E-state index in [1.54, 1.807) is 24.3 Å². The van der Waals surface area contributed by atoms with Gasteiger partial charge in [0.05, 0.1) is 10.6 Å². The van der Waals surface area contributed by atoms with E-state index >= 15 is 0 Å². The van der Waals surface area contributed by atoms with Crippen molar-refractivity contribution in [2.75, 3.05) is 5.75 Å². The minimum atomic E-state index is -3.22. The summed E-state index contributed by atoms with van der Waals surface area (Å²) >= 11 is 0. The molecule has 0 aliphatic carbocycles. The van der Waals surface area contributed by atoms with E-state index in [2.05, 4.69) is 12.1 Å². The lowest BCUT2D eigenvalue weighted by Gasteiger charge is -2.12. The molecular formula is C17H21NO2S. The Morgan fingerprint density at radius 2 is 1.43 bits per heavy atom. The van der Waals surface area contributed by atoms with Crippen LogP contribution in [0.2, 0.25) is 0 Å². The van der Waals surface area contributed by atoms with Gasteiger partial charge in [-0.05, 0) is 37.0 Å². The standard InChI is InChI=1S/C17H21NO2S/c18-16(12-11-15-7-3-1-4-8-15)13-14-21(19,20)17-9-5-2-6-10-17/h1-10,16H,11-14,18H2/t16-/m0/s1. The molecule has 4 heteroatoms. The molecule has 0 amide bonds. The molecule has 2 N–H and O–H groups in total. The van der Waals surface area contributed by atoms with Crippen molar-refractivity contribution in [3.05, 3.63) is 66.2 Å². The van der Waals surface area contributed by atoms with Crippen LogP contribution in [0.25, 0.3) is 0 Å². The summed E-state index contributed by atoms with van der Waals surface area (Å²) < 4.78 is 24.3. The van der Waals surface area contributed by atoms with Crippen molar-refractivity contribution in [1.29, 1.82) is 0 Å². The first-order valence-corrected chi connectivity index (χ1v) is 8.80. The van der Waals surface area contributed by atoms with Gasteiger partial charge < -0.3 is 5.73 Å². The van der Waals surface area contributed by atoms with Crippen LogP contribution in [0, 0.1) is 0 Å². The van der Waals surface area contributed by atoms with Gasteiger partial charge in [0, 0.05) is 6.04 Å². The van der Waals surface area contributed by atoms with Crippen LogP contribution in [0.15, 0.2) is 65.6 Å². The van der Waals surface area contributed by atoms with Crippen molar-refractivity contribution >= 4 is 9.84 Å². The minimum absolute atomic E-state index is 0.0938. The highest BCUT2D eigenvalue weighted by Gasteiger charge is 2.15. The van der Waals surface area contributed by atoms with E-state index in [-0.39, 0.29) is 11.8 Å². The average Bonchev–Trinajstić information content (AvgIpc) is 2.53. The minimum Gasteiger partial charge on any atom is -0.328 e. The summed E-state index contributed by atoms with van der Waals surface area (Å²) in [5.74, 6) is 0.104. The third-order valence-corrected chi connectivity index (χ3v) is 5.27. The van der Waals surface area contributed by atoms with Gasteiger partial charge in [0.25, 0.3) is 0 Å². The fourth-order valence-electron chi connectivity index (χ4n) is 2.19. The number of sulfone groups is 1. The molecule has 21 heavy (non-hydrogen) atoms. The first-order valence-electron chi connectivity index (χ1n) is 7.15. The number of hydrogen-bond acceptors (Lipinski definition) is 3. The van der Waals surface area contributed by atoms with Gasteiger partial charge in [0.2, 0.25) is 0 Å². The highest BCUT2D eigenvalue weighted by molar-refractivity contribution is 7.91. The molecule has 0 aliphatic rings. The molecule has 0 radical (unpaired) electrons. The first kappa shape index (κ1) is 15.7. The van der Waals surface area contributed by atoms with Gasteiger partial charge in [-0.1, -0.05) is 48.5 Å². The van der Waals surface area contributed by atoms with Crippen molar-refractivity contribution in [3.63, 3.8) is 0 Å². The van der Waals surface area contributed by atoms with E-state index in [9.17, 15) is 8.42 Å². The van der Waals surface area contributed by atoms with Gasteiger partial charge in [-0.15, -0.1) is 0 Å². The Morgan fingerprint density at radius 3 is 2.05 bits per heavy atom. The highest BCUT2D eigenvalue weighted by Crippen LogP contribution is 2.13. The second kappa shape index (κ2) is 7.38. The molecule has 0 saturated carbocycles. The summed E-state index contributed by atoms with van der Waals surface area (Å²) in [6.45, 7) is 0. The van der Waals surface area contributed by atoms with Crippen LogP contribution in [0.3, 0.4) is 0 Å². The number of benzene rings is 2. The Labute approximate surface area is 126 Å². The molecule has 2 aromatic rings. The second-order valence-electron chi connectivity index (χ2n) is 5.20. The predicted molar refractivity (Wildman–Crippen MR) is 85.9 cm³/mol. The van der Waals surface area contributed by atoms with Crippen LogP contribution in [0.5, 0.6) is 0 Å². The molecule has 0 fully saturated rings. The van der Waals surface area contributed by atoms with E-state index in [4.69, 9.17) is 5.73 Å². The van der Waals surface area contributed by atoms with Gasteiger partial charge in [-0.2, -0.15) is 0 Å². The maximum absolute atomic E-state index is 12.2. The molecule has 0 spiro atoms. The SMILES string of the molecule is N[C@@H](CCc1ccccc1)CCS(=O)(=O)c1ccccc1.